The normalized spacial score (nSPS) is 13.0. The van der Waals surface area contributed by atoms with Crippen LogP contribution in [0.3, 0.4) is 0 Å². The summed E-state index contributed by atoms with van der Waals surface area (Å²) >= 11 is 1.69. The molecule has 4 nitrogen and oxygen atoms in total. The molecule has 114 valence electrons. The smallest absolute Gasteiger partial charge is 0.237 e. The highest BCUT2D eigenvalue weighted by Gasteiger charge is 2.19. The van der Waals surface area contributed by atoms with Crippen LogP contribution < -0.4 is 5.32 Å². The third-order valence-corrected chi connectivity index (χ3v) is 4.47. The second kappa shape index (κ2) is 7.00. The van der Waals surface area contributed by atoms with E-state index in [1.165, 1.54) is 4.70 Å². The van der Waals surface area contributed by atoms with Crippen LogP contribution in [0, 0.1) is 5.92 Å². The first-order valence-electron chi connectivity index (χ1n) is 7.29. The van der Waals surface area contributed by atoms with Gasteiger partial charge in [-0.1, -0.05) is 26.0 Å². The third kappa shape index (κ3) is 4.25. The number of amides is 1. The number of aromatic nitrogens is 1. The van der Waals surface area contributed by atoms with Gasteiger partial charge in [-0.15, -0.1) is 11.3 Å². The third-order valence-electron chi connectivity index (χ3n) is 3.45. The number of hydrogen-bond donors (Lipinski definition) is 1. The lowest BCUT2D eigenvalue weighted by molar-refractivity contribution is -0.125. The molecule has 1 aromatic carbocycles. The van der Waals surface area contributed by atoms with Crippen LogP contribution in [0.1, 0.15) is 25.8 Å². The number of nitrogens with zero attached hydrogens (tertiary/aromatic N) is 2. The van der Waals surface area contributed by atoms with E-state index in [1.54, 1.807) is 11.3 Å². The van der Waals surface area contributed by atoms with Gasteiger partial charge >= 0.3 is 0 Å². The number of fused-ring (bicyclic) bond motifs is 1. The second-order valence-corrected chi connectivity index (χ2v) is 6.92. The Labute approximate surface area is 130 Å². The van der Waals surface area contributed by atoms with E-state index < -0.39 is 0 Å². The van der Waals surface area contributed by atoms with Gasteiger partial charge in [0, 0.05) is 6.54 Å². The number of carbonyl (C=O) groups is 1. The molecule has 1 atom stereocenters. The first-order valence-corrected chi connectivity index (χ1v) is 8.11. The Kier molecular flexibility index (Phi) is 5.31. The van der Waals surface area contributed by atoms with E-state index in [4.69, 9.17) is 0 Å². The predicted molar refractivity (Wildman–Crippen MR) is 88.4 cm³/mol. The summed E-state index contributed by atoms with van der Waals surface area (Å²) in [7, 11) is 1.96. The van der Waals surface area contributed by atoms with Gasteiger partial charge in [0.2, 0.25) is 5.91 Å². The number of carbonyl (C=O) groups excluding carboxylic acids is 1. The van der Waals surface area contributed by atoms with Gasteiger partial charge in [0.15, 0.2) is 0 Å². The molecule has 1 heterocycles. The summed E-state index contributed by atoms with van der Waals surface area (Å²) in [4.78, 5) is 18.7. The number of rotatable bonds is 6. The Morgan fingerprint density at radius 1 is 1.33 bits per heavy atom. The van der Waals surface area contributed by atoms with Crippen LogP contribution in [0.4, 0.5) is 0 Å². The highest BCUT2D eigenvalue weighted by molar-refractivity contribution is 7.18. The second-order valence-electron chi connectivity index (χ2n) is 5.81. The zero-order chi connectivity index (χ0) is 15.4. The van der Waals surface area contributed by atoms with Gasteiger partial charge in [-0.25, -0.2) is 4.98 Å². The average Bonchev–Trinajstić information content (AvgIpc) is 2.85. The average molecular weight is 305 g/mol. The van der Waals surface area contributed by atoms with E-state index >= 15 is 0 Å². The summed E-state index contributed by atoms with van der Waals surface area (Å²) in [5, 5.41) is 4.02. The van der Waals surface area contributed by atoms with Gasteiger partial charge in [-0.05, 0) is 32.0 Å². The van der Waals surface area contributed by atoms with Crippen molar-refractivity contribution in [2.45, 2.75) is 33.4 Å². The fourth-order valence-electron chi connectivity index (χ4n) is 1.99. The number of thiazole rings is 1. The fraction of sp³-hybridized carbons (Fsp3) is 0.500. The monoisotopic (exact) mass is 305 g/mol. The van der Waals surface area contributed by atoms with Crippen LogP contribution in [0.15, 0.2) is 24.3 Å². The fourth-order valence-corrected chi connectivity index (χ4v) is 3.02. The lowest BCUT2D eigenvalue weighted by atomic mass is 10.2. The van der Waals surface area contributed by atoms with Crippen LogP contribution in [0.25, 0.3) is 10.2 Å². The number of para-hydroxylation sites is 1. The van der Waals surface area contributed by atoms with E-state index in [2.05, 4.69) is 30.2 Å². The minimum atomic E-state index is -0.157. The van der Waals surface area contributed by atoms with Gasteiger partial charge in [-0.3, -0.25) is 9.69 Å². The van der Waals surface area contributed by atoms with Crippen LogP contribution >= 0.6 is 11.3 Å². The molecule has 0 spiro atoms. The van der Waals surface area contributed by atoms with Crippen molar-refractivity contribution in [2.75, 3.05) is 13.6 Å². The van der Waals surface area contributed by atoms with E-state index in [0.717, 1.165) is 17.1 Å². The van der Waals surface area contributed by atoms with Crippen molar-refractivity contribution in [1.29, 1.82) is 0 Å². The van der Waals surface area contributed by atoms with E-state index in [1.807, 2.05) is 37.1 Å². The van der Waals surface area contributed by atoms with E-state index in [9.17, 15) is 4.79 Å². The largest absolute Gasteiger partial charge is 0.354 e. The molecule has 0 aliphatic carbocycles. The molecule has 0 radical (unpaired) electrons. The molecule has 0 saturated heterocycles. The molecule has 0 aliphatic rings. The van der Waals surface area contributed by atoms with Crippen LogP contribution in [-0.4, -0.2) is 35.4 Å². The first kappa shape index (κ1) is 15.9. The summed E-state index contributed by atoms with van der Waals surface area (Å²) in [6.07, 6.45) is 0. The van der Waals surface area contributed by atoms with Crippen molar-refractivity contribution in [3.05, 3.63) is 29.3 Å². The zero-order valence-electron chi connectivity index (χ0n) is 13.1. The van der Waals surface area contributed by atoms with E-state index in [-0.39, 0.29) is 11.9 Å². The Morgan fingerprint density at radius 2 is 2.05 bits per heavy atom. The predicted octanol–water partition coefficient (Wildman–Crippen LogP) is 2.89. The lowest BCUT2D eigenvalue weighted by Gasteiger charge is -2.23. The molecule has 5 heteroatoms. The van der Waals surface area contributed by atoms with Crippen LogP contribution in [0.5, 0.6) is 0 Å². The molecule has 1 N–H and O–H groups in total. The van der Waals surface area contributed by atoms with Crippen molar-refractivity contribution >= 4 is 27.5 Å². The molecule has 0 bridgehead atoms. The number of benzene rings is 1. The molecule has 0 aliphatic heterocycles. The molecular formula is C16H23N3OS. The highest BCUT2D eigenvalue weighted by atomic mass is 32.1. The maximum absolute atomic E-state index is 12.1. The minimum absolute atomic E-state index is 0.0762. The Morgan fingerprint density at radius 3 is 2.71 bits per heavy atom. The molecule has 21 heavy (non-hydrogen) atoms. The molecule has 0 fully saturated rings. The molecular weight excluding hydrogens is 282 g/mol. The SMILES string of the molecule is CC(C)CNC(=O)C(C)N(C)Cc1nc2ccccc2s1. The van der Waals surface area contributed by atoms with Gasteiger partial charge in [0.1, 0.15) is 5.01 Å². The summed E-state index contributed by atoms with van der Waals surface area (Å²) in [5.41, 5.74) is 1.03. The van der Waals surface area contributed by atoms with Crippen molar-refractivity contribution in [1.82, 2.24) is 15.2 Å². The zero-order valence-corrected chi connectivity index (χ0v) is 13.9. The molecule has 1 unspecified atom stereocenters. The molecule has 1 amide bonds. The molecule has 1 aromatic heterocycles. The van der Waals surface area contributed by atoms with Crippen molar-refractivity contribution < 1.29 is 4.79 Å². The topological polar surface area (TPSA) is 45.2 Å². The van der Waals surface area contributed by atoms with Crippen LogP contribution in [-0.2, 0) is 11.3 Å². The summed E-state index contributed by atoms with van der Waals surface area (Å²) < 4.78 is 1.19. The van der Waals surface area contributed by atoms with Gasteiger partial charge in [0.05, 0.1) is 22.8 Å². The first-order chi connectivity index (χ1) is 9.97. The van der Waals surface area contributed by atoms with Crippen molar-refractivity contribution in [2.24, 2.45) is 5.92 Å². The Balaban J connectivity index is 1.96. The van der Waals surface area contributed by atoms with Crippen molar-refractivity contribution in [3.63, 3.8) is 0 Å². The quantitative estimate of drug-likeness (QED) is 0.892. The molecule has 2 rings (SSSR count). The standard InChI is InChI=1S/C16H23N3OS/c1-11(2)9-17-16(20)12(3)19(4)10-15-18-13-7-5-6-8-14(13)21-15/h5-8,11-12H,9-10H2,1-4H3,(H,17,20). The van der Waals surface area contributed by atoms with Gasteiger partial charge < -0.3 is 5.32 Å². The highest BCUT2D eigenvalue weighted by Crippen LogP contribution is 2.22. The van der Waals surface area contributed by atoms with Gasteiger partial charge in [-0.2, -0.15) is 0 Å². The number of hydrogen-bond acceptors (Lipinski definition) is 4. The summed E-state index contributed by atoms with van der Waals surface area (Å²) in [5.74, 6) is 0.544. The minimum Gasteiger partial charge on any atom is -0.354 e. The Hall–Kier alpha value is -1.46. The number of nitrogens with one attached hydrogen (secondary N) is 1. The maximum Gasteiger partial charge on any atom is 0.237 e. The van der Waals surface area contributed by atoms with Crippen LogP contribution in [0.2, 0.25) is 0 Å². The summed E-state index contributed by atoms with van der Waals surface area (Å²) in [6, 6.07) is 7.97. The Bertz CT molecular complexity index is 575. The van der Waals surface area contributed by atoms with Gasteiger partial charge in [0.25, 0.3) is 0 Å². The number of likely N-dealkylation sites (N-methyl/N-ethyl adjacent to an activating group) is 1. The van der Waals surface area contributed by atoms with E-state index in [0.29, 0.717) is 12.5 Å². The summed E-state index contributed by atoms with van der Waals surface area (Å²) in [6.45, 7) is 7.53. The molecule has 0 saturated carbocycles. The molecule has 2 aromatic rings. The maximum atomic E-state index is 12.1. The van der Waals surface area contributed by atoms with Crippen molar-refractivity contribution in [3.8, 4) is 0 Å². The lowest BCUT2D eigenvalue weighted by Crippen LogP contribution is -2.43.